The molecular weight excluding hydrogens is 269 g/mol. The molecule has 0 saturated carbocycles. The molecule has 1 aliphatic rings. The Morgan fingerprint density at radius 2 is 1.85 bits per heavy atom. The van der Waals surface area contributed by atoms with Crippen LogP contribution in [0.15, 0.2) is 12.1 Å². The minimum absolute atomic E-state index is 0.0896. The highest BCUT2D eigenvalue weighted by molar-refractivity contribution is 5.98. The van der Waals surface area contributed by atoms with Crippen molar-refractivity contribution in [2.45, 2.75) is 38.8 Å². The SMILES string of the molecule is CC(C)NC1CCCN(c2c(F)cc(F)cc2F)C1=O. The highest BCUT2D eigenvalue weighted by atomic mass is 19.1. The van der Waals surface area contributed by atoms with E-state index in [1.807, 2.05) is 13.8 Å². The van der Waals surface area contributed by atoms with Crippen molar-refractivity contribution in [3.8, 4) is 0 Å². The lowest BCUT2D eigenvalue weighted by molar-refractivity contribution is -0.122. The van der Waals surface area contributed by atoms with Gasteiger partial charge in [-0.2, -0.15) is 0 Å². The molecule has 3 nitrogen and oxygen atoms in total. The molecule has 1 heterocycles. The topological polar surface area (TPSA) is 32.3 Å². The van der Waals surface area contributed by atoms with E-state index in [4.69, 9.17) is 0 Å². The first-order valence-electron chi connectivity index (χ1n) is 6.62. The van der Waals surface area contributed by atoms with E-state index in [0.717, 1.165) is 4.90 Å². The second-order valence-corrected chi connectivity index (χ2v) is 5.22. The molecule has 2 rings (SSSR count). The Morgan fingerprint density at radius 1 is 1.25 bits per heavy atom. The predicted octanol–water partition coefficient (Wildman–Crippen LogP) is 2.60. The van der Waals surface area contributed by atoms with Crippen molar-refractivity contribution in [1.82, 2.24) is 5.32 Å². The van der Waals surface area contributed by atoms with E-state index in [9.17, 15) is 18.0 Å². The standard InChI is InChI=1S/C14H17F3N2O/c1-8(2)18-12-4-3-5-19(14(12)20)13-10(16)6-9(15)7-11(13)17/h6-8,12,18H,3-5H2,1-2H3. The number of piperidine rings is 1. The summed E-state index contributed by atoms with van der Waals surface area (Å²) in [6.07, 6.45) is 1.25. The number of carbonyl (C=O) groups excluding carboxylic acids is 1. The largest absolute Gasteiger partial charge is 0.306 e. The highest BCUT2D eigenvalue weighted by Gasteiger charge is 2.33. The van der Waals surface area contributed by atoms with Gasteiger partial charge in [0.2, 0.25) is 5.91 Å². The Labute approximate surface area is 115 Å². The Bertz CT molecular complexity index is 496. The average molecular weight is 286 g/mol. The molecule has 6 heteroatoms. The number of hydrogen-bond donors (Lipinski definition) is 1. The third kappa shape index (κ3) is 2.95. The van der Waals surface area contributed by atoms with E-state index >= 15 is 0 Å². The van der Waals surface area contributed by atoms with Crippen molar-refractivity contribution in [1.29, 1.82) is 0 Å². The van der Waals surface area contributed by atoms with Gasteiger partial charge in [0.15, 0.2) is 11.6 Å². The Hall–Kier alpha value is -1.56. The van der Waals surface area contributed by atoms with Crippen LogP contribution in [0.5, 0.6) is 0 Å². The van der Waals surface area contributed by atoms with Gasteiger partial charge in [0, 0.05) is 24.7 Å². The maximum atomic E-state index is 13.8. The summed E-state index contributed by atoms with van der Waals surface area (Å²) in [6, 6.07) is 0.801. The van der Waals surface area contributed by atoms with Gasteiger partial charge in [-0.15, -0.1) is 0 Å². The summed E-state index contributed by atoms with van der Waals surface area (Å²) in [4.78, 5) is 13.4. The monoisotopic (exact) mass is 286 g/mol. The molecule has 0 spiro atoms. The van der Waals surface area contributed by atoms with Crippen molar-refractivity contribution < 1.29 is 18.0 Å². The molecule has 0 bridgehead atoms. The van der Waals surface area contributed by atoms with E-state index < -0.39 is 29.2 Å². The van der Waals surface area contributed by atoms with Crippen LogP contribution in [0.2, 0.25) is 0 Å². The number of anilines is 1. The lowest BCUT2D eigenvalue weighted by Gasteiger charge is -2.34. The van der Waals surface area contributed by atoms with Crippen molar-refractivity contribution in [2.75, 3.05) is 11.4 Å². The number of rotatable bonds is 3. The Morgan fingerprint density at radius 3 is 2.40 bits per heavy atom. The summed E-state index contributed by atoms with van der Waals surface area (Å²) in [7, 11) is 0. The molecule has 1 aliphatic heterocycles. The number of nitrogens with one attached hydrogen (secondary N) is 1. The predicted molar refractivity (Wildman–Crippen MR) is 70.0 cm³/mol. The summed E-state index contributed by atoms with van der Waals surface area (Å²) in [5, 5.41) is 3.07. The molecule has 110 valence electrons. The summed E-state index contributed by atoms with van der Waals surface area (Å²) in [5.74, 6) is -3.48. The van der Waals surface area contributed by atoms with E-state index in [1.165, 1.54) is 0 Å². The number of carbonyl (C=O) groups is 1. The molecule has 1 unspecified atom stereocenters. The van der Waals surface area contributed by atoms with Gasteiger partial charge >= 0.3 is 0 Å². The van der Waals surface area contributed by atoms with Gasteiger partial charge in [0.1, 0.15) is 11.5 Å². The molecule has 20 heavy (non-hydrogen) atoms. The van der Waals surface area contributed by atoms with Gasteiger partial charge in [-0.3, -0.25) is 4.79 Å². The fraction of sp³-hybridized carbons (Fsp3) is 0.500. The van der Waals surface area contributed by atoms with Gasteiger partial charge in [0.05, 0.1) is 6.04 Å². The number of nitrogens with zero attached hydrogens (tertiary/aromatic N) is 1. The molecule has 0 radical (unpaired) electrons. The van der Waals surface area contributed by atoms with Crippen molar-refractivity contribution in [3.63, 3.8) is 0 Å². The van der Waals surface area contributed by atoms with Crippen LogP contribution >= 0.6 is 0 Å². The minimum atomic E-state index is -1.05. The first-order chi connectivity index (χ1) is 9.40. The van der Waals surface area contributed by atoms with Gasteiger partial charge in [-0.05, 0) is 12.8 Å². The zero-order valence-electron chi connectivity index (χ0n) is 11.4. The number of amides is 1. The van der Waals surface area contributed by atoms with Crippen molar-refractivity contribution in [3.05, 3.63) is 29.6 Å². The molecular formula is C14H17F3N2O. The van der Waals surface area contributed by atoms with Crippen molar-refractivity contribution in [2.24, 2.45) is 0 Å². The van der Waals surface area contributed by atoms with Crippen LogP contribution in [0.1, 0.15) is 26.7 Å². The van der Waals surface area contributed by atoms with Crippen LogP contribution in [0, 0.1) is 17.5 Å². The molecule has 1 amide bonds. The van der Waals surface area contributed by atoms with Gasteiger partial charge in [-0.1, -0.05) is 13.8 Å². The molecule has 1 atom stereocenters. The molecule has 0 aliphatic carbocycles. The Kier molecular flexibility index (Phi) is 4.32. The molecule has 1 saturated heterocycles. The van der Waals surface area contributed by atoms with Crippen LogP contribution < -0.4 is 10.2 Å². The fourth-order valence-corrected chi connectivity index (χ4v) is 2.45. The minimum Gasteiger partial charge on any atom is -0.306 e. The van der Waals surface area contributed by atoms with Crippen molar-refractivity contribution >= 4 is 11.6 Å². The van der Waals surface area contributed by atoms with E-state index in [0.29, 0.717) is 25.0 Å². The third-order valence-electron chi connectivity index (χ3n) is 3.22. The quantitative estimate of drug-likeness (QED) is 0.926. The van der Waals surface area contributed by atoms with Crippen LogP contribution in [-0.2, 0) is 4.79 Å². The van der Waals surface area contributed by atoms with Crippen LogP contribution in [0.25, 0.3) is 0 Å². The Balaban J connectivity index is 2.30. The summed E-state index contributed by atoms with van der Waals surface area (Å²) in [5.41, 5.74) is -0.466. The number of benzene rings is 1. The summed E-state index contributed by atoms with van der Waals surface area (Å²) < 4.78 is 40.5. The summed E-state index contributed by atoms with van der Waals surface area (Å²) >= 11 is 0. The zero-order valence-corrected chi connectivity index (χ0v) is 11.4. The van der Waals surface area contributed by atoms with E-state index in [-0.39, 0.29) is 18.5 Å². The van der Waals surface area contributed by atoms with Crippen LogP contribution in [0.4, 0.5) is 18.9 Å². The van der Waals surface area contributed by atoms with Crippen LogP contribution in [-0.4, -0.2) is 24.5 Å². The lowest BCUT2D eigenvalue weighted by Crippen LogP contribution is -2.53. The average Bonchev–Trinajstić information content (AvgIpc) is 2.32. The first-order valence-corrected chi connectivity index (χ1v) is 6.62. The van der Waals surface area contributed by atoms with Gasteiger partial charge in [-0.25, -0.2) is 13.2 Å². The summed E-state index contributed by atoms with van der Waals surface area (Å²) in [6.45, 7) is 4.02. The first kappa shape index (κ1) is 14.8. The second-order valence-electron chi connectivity index (χ2n) is 5.22. The fourth-order valence-electron chi connectivity index (χ4n) is 2.45. The highest BCUT2D eigenvalue weighted by Crippen LogP contribution is 2.28. The molecule has 1 aromatic carbocycles. The molecule has 1 fully saturated rings. The molecule has 0 aromatic heterocycles. The molecule has 1 N–H and O–H groups in total. The smallest absolute Gasteiger partial charge is 0.244 e. The van der Waals surface area contributed by atoms with E-state index in [2.05, 4.69) is 5.32 Å². The van der Waals surface area contributed by atoms with E-state index in [1.54, 1.807) is 0 Å². The van der Waals surface area contributed by atoms with Crippen LogP contribution in [0.3, 0.4) is 0 Å². The van der Waals surface area contributed by atoms with Gasteiger partial charge < -0.3 is 10.2 Å². The maximum absolute atomic E-state index is 13.8. The zero-order chi connectivity index (χ0) is 14.9. The second kappa shape index (κ2) is 5.83. The number of hydrogen-bond acceptors (Lipinski definition) is 2. The lowest BCUT2D eigenvalue weighted by atomic mass is 10.0. The maximum Gasteiger partial charge on any atom is 0.244 e. The normalized spacial score (nSPS) is 19.8. The number of halogens is 3. The third-order valence-corrected chi connectivity index (χ3v) is 3.22. The van der Waals surface area contributed by atoms with Gasteiger partial charge in [0.25, 0.3) is 0 Å². The molecule has 1 aromatic rings.